The lowest BCUT2D eigenvalue weighted by Gasteiger charge is -2.39. The lowest BCUT2D eigenvalue weighted by Crippen LogP contribution is -2.50. The summed E-state index contributed by atoms with van der Waals surface area (Å²) in [5.74, 6) is 0.865. The zero-order valence-electron chi connectivity index (χ0n) is 19.8. The van der Waals surface area contributed by atoms with Crippen LogP contribution in [-0.4, -0.2) is 76.7 Å². The van der Waals surface area contributed by atoms with E-state index in [1.54, 1.807) is 18.0 Å². The number of thioether (sulfide) groups is 1. The van der Waals surface area contributed by atoms with Crippen molar-refractivity contribution < 1.29 is 4.79 Å². The first-order valence-corrected chi connectivity index (χ1v) is 13.3. The van der Waals surface area contributed by atoms with Gasteiger partial charge in [0.15, 0.2) is 0 Å². The number of hydrogen-bond donors (Lipinski definition) is 2. The van der Waals surface area contributed by atoms with Crippen LogP contribution in [0.15, 0.2) is 79.4 Å². The number of carbonyl (C=O) groups is 1. The van der Waals surface area contributed by atoms with Crippen LogP contribution in [0.4, 0.5) is 0 Å². The molecule has 0 radical (unpaired) electrons. The Hall–Kier alpha value is -2.78. The Morgan fingerprint density at radius 3 is 2.49 bits per heavy atom. The summed E-state index contributed by atoms with van der Waals surface area (Å²) in [5.41, 5.74) is 3.70. The van der Waals surface area contributed by atoms with E-state index in [0.717, 1.165) is 44.0 Å². The lowest BCUT2D eigenvalue weighted by molar-refractivity contribution is -0.122. The van der Waals surface area contributed by atoms with Gasteiger partial charge in [0.2, 0.25) is 5.91 Å². The fraction of sp³-hybridized carbons (Fsp3) is 0.370. The van der Waals surface area contributed by atoms with Crippen LogP contribution in [-0.2, 0) is 4.79 Å². The molecule has 35 heavy (non-hydrogen) atoms. The predicted octanol–water partition coefficient (Wildman–Crippen LogP) is 2.70. The van der Waals surface area contributed by atoms with Crippen LogP contribution < -0.4 is 10.6 Å². The van der Waals surface area contributed by atoms with Crippen LogP contribution in [0.5, 0.6) is 0 Å². The van der Waals surface area contributed by atoms with Gasteiger partial charge in [-0.2, -0.15) is 0 Å². The Kier molecular flexibility index (Phi) is 8.05. The molecule has 0 aliphatic carbocycles. The average molecular weight is 489 g/mol. The van der Waals surface area contributed by atoms with Gasteiger partial charge in [-0.05, 0) is 34.9 Å². The van der Waals surface area contributed by atoms with Crippen molar-refractivity contribution in [3.05, 3.63) is 96.1 Å². The lowest BCUT2D eigenvalue weighted by atomic mass is 9.97. The van der Waals surface area contributed by atoms with Gasteiger partial charge in [-0.1, -0.05) is 36.4 Å². The highest BCUT2D eigenvalue weighted by molar-refractivity contribution is 7.99. The molecule has 2 fully saturated rings. The van der Waals surface area contributed by atoms with Gasteiger partial charge in [-0.15, -0.1) is 11.8 Å². The van der Waals surface area contributed by atoms with Crippen LogP contribution in [0.1, 0.15) is 28.1 Å². The van der Waals surface area contributed by atoms with E-state index in [1.165, 1.54) is 11.1 Å². The van der Waals surface area contributed by atoms with Crippen molar-refractivity contribution in [3.63, 3.8) is 0 Å². The number of carbonyl (C=O) groups excluding carboxylic acids is 1. The molecule has 3 unspecified atom stereocenters. The van der Waals surface area contributed by atoms with E-state index in [2.05, 4.69) is 78.9 Å². The fourth-order valence-electron chi connectivity index (χ4n) is 4.85. The largest absolute Gasteiger partial charge is 0.353 e. The summed E-state index contributed by atoms with van der Waals surface area (Å²) in [6.45, 7) is 5.51. The van der Waals surface area contributed by atoms with Gasteiger partial charge in [-0.25, -0.2) is 0 Å². The van der Waals surface area contributed by atoms with Crippen LogP contribution in [0.2, 0.25) is 0 Å². The Balaban J connectivity index is 1.09. The van der Waals surface area contributed by atoms with Gasteiger partial charge in [-0.3, -0.25) is 29.9 Å². The Bertz CT molecular complexity index is 1020. The summed E-state index contributed by atoms with van der Waals surface area (Å²) in [7, 11) is 0. The van der Waals surface area contributed by atoms with Crippen molar-refractivity contribution in [1.82, 2.24) is 30.4 Å². The minimum atomic E-state index is -0.158. The van der Waals surface area contributed by atoms with E-state index in [-0.39, 0.29) is 23.4 Å². The SMILES string of the molecule is O=C(NCCN1CCN(C(c2ccccc2)c2ccncc2)CC1)C1CSC(c2cccnc2)N1. The minimum Gasteiger partial charge on any atom is -0.353 e. The molecule has 8 heteroatoms. The van der Waals surface area contributed by atoms with Gasteiger partial charge in [0.1, 0.15) is 0 Å². The Labute approximate surface area is 211 Å². The molecule has 2 N–H and O–H groups in total. The zero-order valence-corrected chi connectivity index (χ0v) is 20.6. The van der Waals surface area contributed by atoms with Crippen molar-refractivity contribution in [2.24, 2.45) is 0 Å². The number of piperazine rings is 1. The van der Waals surface area contributed by atoms with Gasteiger partial charge in [0.05, 0.1) is 17.5 Å². The van der Waals surface area contributed by atoms with Crippen molar-refractivity contribution in [2.75, 3.05) is 45.0 Å². The van der Waals surface area contributed by atoms with Crippen molar-refractivity contribution in [1.29, 1.82) is 0 Å². The number of rotatable bonds is 8. The molecule has 7 nitrogen and oxygen atoms in total. The third-order valence-corrected chi connectivity index (χ3v) is 7.99. The second-order valence-corrected chi connectivity index (χ2v) is 10.1. The Morgan fingerprint density at radius 2 is 1.74 bits per heavy atom. The minimum absolute atomic E-state index is 0.0874. The van der Waals surface area contributed by atoms with E-state index in [0.29, 0.717) is 6.54 Å². The summed E-state index contributed by atoms with van der Waals surface area (Å²) in [6, 6.07) is 19.0. The number of nitrogens with zero attached hydrogens (tertiary/aromatic N) is 4. The molecule has 0 spiro atoms. The molecule has 2 aromatic heterocycles. The second kappa shape index (κ2) is 11.8. The molecule has 2 aliphatic rings. The van der Waals surface area contributed by atoms with Crippen molar-refractivity contribution in [3.8, 4) is 0 Å². The maximum atomic E-state index is 12.7. The first kappa shape index (κ1) is 23.9. The molecule has 3 aromatic rings. The van der Waals surface area contributed by atoms with E-state index < -0.39 is 0 Å². The molecule has 2 saturated heterocycles. The molecule has 4 heterocycles. The number of benzene rings is 1. The summed E-state index contributed by atoms with van der Waals surface area (Å²) in [6.07, 6.45) is 7.39. The maximum Gasteiger partial charge on any atom is 0.238 e. The van der Waals surface area contributed by atoms with E-state index in [9.17, 15) is 4.79 Å². The molecular formula is C27H32N6OS. The van der Waals surface area contributed by atoms with Crippen molar-refractivity contribution in [2.45, 2.75) is 17.5 Å². The monoisotopic (exact) mass is 488 g/mol. The van der Waals surface area contributed by atoms with Gasteiger partial charge in [0.25, 0.3) is 0 Å². The summed E-state index contributed by atoms with van der Waals surface area (Å²) in [5, 5.41) is 6.70. The van der Waals surface area contributed by atoms with Gasteiger partial charge in [0, 0.05) is 69.8 Å². The Morgan fingerprint density at radius 1 is 0.971 bits per heavy atom. The van der Waals surface area contributed by atoms with E-state index in [4.69, 9.17) is 0 Å². The third-order valence-electron chi connectivity index (χ3n) is 6.72. The van der Waals surface area contributed by atoms with Gasteiger partial charge < -0.3 is 5.32 Å². The first-order valence-electron chi connectivity index (χ1n) is 12.2. The smallest absolute Gasteiger partial charge is 0.238 e. The molecular weight excluding hydrogens is 456 g/mol. The molecule has 182 valence electrons. The van der Waals surface area contributed by atoms with Crippen LogP contribution in [0.25, 0.3) is 0 Å². The summed E-state index contributed by atoms with van der Waals surface area (Å²) >= 11 is 1.76. The second-order valence-electron chi connectivity index (χ2n) is 8.98. The van der Waals surface area contributed by atoms with Crippen LogP contribution in [0.3, 0.4) is 0 Å². The quantitative estimate of drug-likeness (QED) is 0.505. The van der Waals surface area contributed by atoms with Gasteiger partial charge >= 0.3 is 0 Å². The normalized spacial score (nSPS) is 22.1. The summed E-state index contributed by atoms with van der Waals surface area (Å²) < 4.78 is 0. The molecule has 0 bridgehead atoms. The van der Waals surface area contributed by atoms with E-state index >= 15 is 0 Å². The number of aromatic nitrogens is 2. The third kappa shape index (κ3) is 6.08. The number of pyridine rings is 2. The van der Waals surface area contributed by atoms with E-state index in [1.807, 2.05) is 24.7 Å². The standard InChI is InChI=1S/C27H32N6OS/c34-26(24-20-35-27(31-24)23-7-4-10-29-19-23)30-13-14-32-15-17-33(18-16-32)25(21-5-2-1-3-6-21)22-8-11-28-12-9-22/h1-12,19,24-25,27,31H,13-18,20H2,(H,30,34). The van der Waals surface area contributed by atoms with Crippen LogP contribution >= 0.6 is 11.8 Å². The molecule has 3 atom stereocenters. The zero-order chi connectivity index (χ0) is 23.9. The molecule has 2 aliphatic heterocycles. The topological polar surface area (TPSA) is 73.4 Å². The molecule has 1 aromatic carbocycles. The first-order chi connectivity index (χ1) is 17.3. The van der Waals surface area contributed by atoms with Crippen LogP contribution in [0, 0.1) is 0 Å². The average Bonchev–Trinajstić information content (AvgIpc) is 3.42. The molecule has 1 amide bonds. The predicted molar refractivity (Wildman–Crippen MR) is 140 cm³/mol. The maximum absolute atomic E-state index is 12.7. The highest BCUT2D eigenvalue weighted by Gasteiger charge is 2.31. The number of amides is 1. The highest BCUT2D eigenvalue weighted by Crippen LogP contribution is 2.32. The summed E-state index contributed by atoms with van der Waals surface area (Å²) in [4.78, 5) is 26.1. The number of hydrogen-bond acceptors (Lipinski definition) is 7. The number of nitrogens with one attached hydrogen (secondary N) is 2. The fourth-order valence-corrected chi connectivity index (χ4v) is 6.07. The highest BCUT2D eigenvalue weighted by atomic mass is 32.2. The van der Waals surface area contributed by atoms with Crippen molar-refractivity contribution >= 4 is 17.7 Å². The molecule has 0 saturated carbocycles. The molecule has 5 rings (SSSR count).